The lowest BCUT2D eigenvalue weighted by molar-refractivity contribution is -0.131. The van der Waals surface area contributed by atoms with Gasteiger partial charge in [-0.1, -0.05) is 17.7 Å². The third-order valence-corrected chi connectivity index (χ3v) is 7.31. The van der Waals surface area contributed by atoms with Crippen molar-refractivity contribution in [1.29, 1.82) is 0 Å². The second-order valence-corrected chi connectivity index (χ2v) is 9.98. The lowest BCUT2D eigenvalue weighted by Gasteiger charge is -2.19. The van der Waals surface area contributed by atoms with Gasteiger partial charge in [-0.25, -0.2) is 13.1 Å². The van der Waals surface area contributed by atoms with E-state index in [1.54, 1.807) is 23.9 Å². The highest BCUT2D eigenvalue weighted by Gasteiger charge is 2.33. The molecule has 1 aromatic rings. The largest absolute Gasteiger partial charge is 0.355 e. The van der Waals surface area contributed by atoms with Crippen LogP contribution in [0.25, 0.3) is 0 Å². The van der Waals surface area contributed by atoms with Crippen LogP contribution in [0.2, 0.25) is 0 Å². The molecule has 0 unspecified atom stereocenters. The molecule has 0 aromatic heterocycles. The number of rotatable bonds is 7. The molecule has 3 rings (SSSR count). The van der Waals surface area contributed by atoms with Crippen LogP contribution in [-0.2, 0) is 19.6 Å². The van der Waals surface area contributed by atoms with E-state index in [9.17, 15) is 18.0 Å². The number of sulfonamides is 1. The number of nitrogens with one attached hydrogen (secondary N) is 3. The van der Waals surface area contributed by atoms with Gasteiger partial charge >= 0.3 is 0 Å². The Kier molecular flexibility index (Phi) is 6.97. The van der Waals surface area contributed by atoms with E-state index >= 15 is 0 Å². The van der Waals surface area contributed by atoms with Gasteiger partial charge in [0.1, 0.15) is 0 Å². The zero-order chi connectivity index (χ0) is 20.1. The summed E-state index contributed by atoms with van der Waals surface area (Å²) in [6, 6.07) is 6.24. The molecular weight excluding hydrogens is 400 g/mol. The number of thioether (sulfide) groups is 1. The molecule has 2 aliphatic heterocycles. The first kappa shape index (κ1) is 21.1. The first-order chi connectivity index (χ1) is 13.3. The van der Waals surface area contributed by atoms with Gasteiger partial charge in [0.2, 0.25) is 21.8 Å². The van der Waals surface area contributed by atoms with Gasteiger partial charge in [-0.3, -0.25) is 9.59 Å². The average Bonchev–Trinajstić information content (AvgIpc) is 3.36. The van der Waals surface area contributed by atoms with Gasteiger partial charge in [0, 0.05) is 25.4 Å². The Labute approximate surface area is 169 Å². The summed E-state index contributed by atoms with van der Waals surface area (Å²) in [6.45, 7) is 3.43. The Morgan fingerprint density at radius 1 is 1.29 bits per heavy atom. The molecule has 10 heteroatoms. The lowest BCUT2D eigenvalue weighted by atomic mass is 10.1. The summed E-state index contributed by atoms with van der Waals surface area (Å²) < 4.78 is 26.7. The number of carbonyl (C=O) groups excluding carboxylic acids is 2. The second-order valence-electron chi connectivity index (χ2n) is 7.14. The molecule has 0 saturated carbocycles. The molecule has 154 valence electrons. The van der Waals surface area contributed by atoms with Crippen LogP contribution in [0.15, 0.2) is 29.2 Å². The van der Waals surface area contributed by atoms with Crippen molar-refractivity contribution in [3.8, 4) is 0 Å². The van der Waals surface area contributed by atoms with Crippen LogP contribution < -0.4 is 15.4 Å². The standard InChI is InChI=1S/C18H26N4O4S2/c1-13-2-4-15(5-3-13)28(25,26)21-11-17(23)20-10-14-8-16(19-9-14)18(24)22-6-7-27-12-22/h2-5,14,16,19,21H,6-12H2,1H3,(H,20,23)/t14-,16-/m0/s1. The molecule has 2 saturated heterocycles. The summed E-state index contributed by atoms with van der Waals surface area (Å²) >= 11 is 1.75. The fourth-order valence-electron chi connectivity index (χ4n) is 3.24. The van der Waals surface area contributed by atoms with E-state index < -0.39 is 10.0 Å². The number of hydrogen-bond donors (Lipinski definition) is 3. The Balaban J connectivity index is 1.40. The van der Waals surface area contributed by atoms with E-state index in [4.69, 9.17) is 0 Å². The smallest absolute Gasteiger partial charge is 0.241 e. The van der Waals surface area contributed by atoms with Gasteiger partial charge in [0.25, 0.3) is 0 Å². The van der Waals surface area contributed by atoms with E-state index in [-0.39, 0.29) is 35.2 Å². The van der Waals surface area contributed by atoms with Crippen molar-refractivity contribution in [3.63, 3.8) is 0 Å². The summed E-state index contributed by atoms with van der Waals surface area (Å²) in [4.78, 5) is 26.4. The van der Waals surface area contributed by atoms with Crippen molar-refractivity contribution >= 4 is 33.6 Å². The van der Waals surface area contributed by atoms with Gasteiger partial charge < -0.3 is 15.5 Å². The summed E-state index contributed by atoms with van der Waals surface area (Å²) in [5, 5.41) is 5.98. The monoisotopic (exact) mass is 426 g/mol. The quantitative estimate of drug-likeness (QED) is 0.562. The molecule has 0 spiro atoms. The first-order valence-electron chi connectivity index (χ1n) is 9.28. The molecule has 0 aliphatic carbocycles. The Hall–Kier alpha value is -1.62. The van der Waals surface area contributed by atoms with E-state index in [1.165, 1.54) is 12.1 Å². The van der Waals surface area contributed by atoms with Gasteiger partial charge in [-0.2, -0.15) is 0 Å². The molecule has 2 fully saturated rings. The van der Waals surface area contributed by atoms with E-state index in [0.717, 1.165) is 23.7 Å². The molecule has 2 heterocycles. The number of aryl methyl sites for hydroxylation is 1. The third-order valence-electron chi connectivity index (χ3n) is 4.93. The van der Waals surface area contributed by atoms with Crippen LogP contribution >= 0.6 is 11.8 Å². The van der Waals surface area contributed by atoms with Crippen molar-refractivity contribution in [2.24, 2.45) is 5.92 Å². The predicted octanol–water partition coefficient (Wildman–Crippen LogP) is -0.0995. The van der Waals surface area contributed by atoms with Crippen LogP contribution in [0, 0.1) is 12.8 Å². The van der Waals surface area contributed by atoms with Gasteiger partial charge in [0.15, 0.2) is 0 Å². The van der Waals surface area contributed by atoms with Crippen LogP contribution in [-0.4, -0.2) is 69.0 Å². The maximum absolute atomic E-state index is 12.4. The zero-order valence-corrected chi connectivity index (χ0v) is 17.4. The van der Waals surface area contributed by atoms with E-state index in [0.29, 0.717) is 19.5 Å². The third kappa shape index (κ3) is 5.47. The fourth-order valence-corrected chi connectivity index (χ4v) is 5.18. The Bertz CT molecular complexity index is 807. The van der Waals surface area contributed by atoms with Crippen molar-refractivity contribution in [3.05, 3.63) is 29.8 Å². The Morgan fingerprint density at radius 3 is 2.71 bits per heavy atom. The van der Waals surface area contributed by atoms with Crippen LogP contribution in [0.5, 0.6) is 0 Å². The zero-order valence-electron chi connectivity index (χ0n) is 15.8. The highest BCUT2D eigenvalue weighted by Crippen LogP contribution is 2.19. The first-order valence-corrected chi connectivity index (χ1v) is 11.9. The Morgan fingerprint density at radius 2 is 2.04 bits per heavy atom. The molecule has 0 bridgehead atoms. The summed E-state index contributed by atoms with van der Waals surface area (Å²) in [5.41, 5.74) is 0.960. The maximum Gasteiger partial charge on any atom is 0.241 e. The van der Waals surface area contributed by atoms with E-state index in [1.807, 2.05) is 11.8 Å². The molecule has 0 radical (unpaired) electrons. The van der Waals surface area contributed by atoms with Crippen molar-refractivity contribution in [1.82, 2.24) is 20.3 Å². The van der Waals surface area contributed by atoms with Gasteiger partial charge in [-0.05, 0) is 31.4 Å². The molecule has 2 amide bonds. The highest BCUT2D eigenvalue weighted by molar-refractivity contribution is 7.99. The molecular formula is C18H26N4O4S2. The van der Waals surface area contributed by atoms with Crippen molar-refractivity contribution in [2.45, 2.75) is 24.3 Å². The van der Waals surface area contributed by atoms with Gasteiger partial charge in [0.05, 0.1) is 23.4 Å². The minimum absolute atomic E-state index is 0.129. The lowest BCUT2D eigenvalue weighted by Crippen LogP contribution is -2.42. The van der Waals surface area contributed by atoms with Crippen LogP contribution in [0.3, 0.4) is 0 Å². The summed E-state index contributed by atoms with van der Waals surface area (Å²) in [6.07, 6.45) is 0.676. The fraction of sp³-hybridized carbons (Fsp3) is 0.556. The number of carbonyl (C=O) groups is 2. The maximum atomic E-state index is 12.4. The normalized spacial score (nSPS) is 22.4. The predicted molar refractivity (Wildman–Crippen MR) is 108 cm³/mol. The van der Waals surface area contributed by atoms with E-state index in [2.05, 4.69) is 15.4 Å². The molecule has 28 heavy (non-hydrogen) atoms. The topological polar surface area (TPSA) is 108 Å². The molecule has 2 atom stereocenters. The van der Waals surface area contributed by atoms with Gasteiger partial charge in [-0.15, -0.1) is 11.8 Å². The summed E-state index contributed by atoms with van der Waals surface area (Å²) in [7, 11) is -3.71. The highest BCUT2D eigenvalue weighted by atomic mass is 32.2. The average molecular weight is 427 g/mol. The SMILES string of the molecule is Cc1ccc(S(=O)(=O)NCC(=O)NC[C@@H]2CN[C@H](C(=O)N3CCSC3)C2)cc1. The number of amides is 2. The van der Waals surface area contributed by atoms with Crippen molar-refractivity contribution < 1.29 is 18.0 Å². The minimum Gasteiger partial charge on any atom is -0.355 e. The number of nitrogens with zero attached hydrogens (tertiary/aromatic N) is 1. The minimum atomic E-state index is -3.71. The molecule has 3 N–H and O–H groups in total. The molecule has 1 aromatic carbocycles. The number of hydrogen-bond acceptors (Lipinski definition) is 6. The van der Waals surface area contributed by atoms with Crippen molar-refractivity contribution in [2.75, 3.05) is 37.8 Å². The molecule has 8 nitrogen and oxygen atoms in total. The second kappa shape index (κ2) is 9.25. The van der Waals surface area contributed by atoms with Crippen LogP contribution in [0.1, 0.15) is 12.0 Å². The van der Waals surface area contributed by atoms with Crippen LogP contribution in [0.4, 0.5) is 0 Å². The number of benzene rings is 1. The molecule has 2 aliphatic rings. The summed E-state index contributed by atoms with van der Waals surface area (Å²) in [5.74, 6) is 1.63.